The Morgan fingerprint density at radius 2 is 1.87 bits per heavy atom. The monoisotopic (exact) mass is 472 g/mol. The van der Waals surface area contributed by atoms with Crippen molar-refractivity contribution in [1.29, 1.82) is 0 Å². The highest BCUT2D eigenvalue weighted by Crippen LogP contribution is 2.25. The summed E-state index contributed by atoms with van der Waals surface area (Å²) in [4.78, 5) is 38.7. The predicted molar refractivity (Wildman–Crippen MR) is 115 cm³/mol. The van der Waals surface area contributed by atoms with E-state index in [1.165, 1.54) is 12.1 Å². The number of halogens is 1. The summed E-state index contributed by atoms with van der Waals surface area (Å²) < 4.78 is 1.77. The average molecular weight is 473 g/mol. The van der Waals surface area contributed by atoms with Crippen molar-refractivity contribution in [3.63, 3.8) is 0 Å². The van der Waals surface area contributed by atoms with Gasteiger partial charge in [0.25, 0.3) is 11.5 Å². The van der Waals surface area contributed by atoms with Crippen LogP contribution in [0.4, 0.5) is 0 Å². The van der Waals surface area contributed by atoms with Crippen molar-refractivity contribution in [1.82, 2.24) is 15.0 Å². The van der Waals surface area contributed by atoms with E-state index >= 15 is 0 Å². The molecule has 0 aliphatic heterocycles. The number of carbonyl (C=O) groups excluding carboxylic acids is 1. The van der Waals surface area contributed by atoms with Crippen LogP contribution in [0.2, 0.25) is 0 Å². The van der Waals surface area contributed by atoms with Crippen LogP contribution in [0.15, 0.2) is 55.6 Å². The number of hydrogen-bond acceptors (Lipinski definition) is 6. The van der Waals surface area contributed by atoms with E-state index in [1.54, 1.807) is 31.2 Å². The maximum Gasteiger partial charge on any atom is 0.335 e. The van der Waals surface area contributed by atoms with Gasteiger partial charge in [0.1, 0.15) is 11.3 Å². The quantitative estimate of drug-likeness (QED) is 0.340. The SMILES string of the molecule is Cc1cc(-n2c(O)c(C=NNC(=O)c3ccccc3O)c(=O)[nH]c2=O)c(C)cc1Br. The second-order valence-corrected chi connectivity index (χ2v) is 7.29. The normalized spacial score (nSPS) is 11.0. The molecule has 3 rings (SSSR count). The van der Waals surface area contributed by atoms with Crippen LogP contribution in [0, 0.1) is 13.8 Å². The first-order valence-corrected chi connectivity index (χ1v) is 9.46. The molecule has 0 atom stereocenters. The number of benzene rings is 2. The van der Waals surface area contributed by atoms with Crippen LogP contribution < -0.4 is 16.7 Å². The Balaban J connectivity index is 2.00. The van der Waals surface area contributed by atoms with Crippen LogP contribution in [0.5, 0.6) is 11.6 Å². The fraction of sp³-hybridized carbons (Fsp3) is 0.100. The van der Waals surface area contributed by atoms with Gasteiger partial charge in [-0.2, -0.15) is 5.10 Å². The van der Waals surface area contributed by atoms with E-state index in [0.717, 1.165) is 20.8 Å². The molecule has 4 N–H and O–H groups in total. The zero-order valence-corrected chi connectivity index (χ0v) is 17.5. The van der Waals surface area contributed by atoms with Gasteiger partial charge < -0.3 is 10.2 Å². The lowest BCUT2D eigenvalue weighted by Crippen LogP contribution is -2.32. The van der Waals surface area contributed by atoms with Gasteiger partial charge in [0.15, 0.2) is 0 Å². The van der Waals surface area contributed by atoms with Crippen molar-refractivity contribution in [3.8, 4) is 17.3 Å². The third-order valence-corrected chi connectivity index (χ3v) is 5.20. The fourth-order valence-electron chi connectivity index (χ4n) is 2.77. The van der Waals surface area contributed by atoms with Crippen molar-refractivity contribution in [2.45, 2.75) is 13.8 Å². The van der Waals surface area contributed by atoms with E-state index < -0.39 is 23.0 Å². The molecule has 0 aliphatic carbocycles. The largest absolute Gasteiger partial charge is 0.507 e. The minimum Gasteiger partial charge on any atom is -0.507 e. The summed E-state index contributed by atoms with van der Waals surface area (Å²) in [7, 11) is 0. The molecule has 1 heterocycles. The van der Waals surface area contributed by atoms with E-state index in [-0.39, 0.29) is 16.9 Å². The smallest absolute Gasteiger partial charge is 0.335 e. The molecule has 30 heavy (non-hydrogen) atoms. The Morgan fingerprint density at radius 1 is 1.17 bits per heavy atom. The second kappa shape index (κ2) is 8.37. The van der Waals surface area contributed by atoms with Gasteiger partial charge in [0, 0.05) is 4.47 Å². The number of hydrogen-bond donors (Lipinski definition) is 4. The van der Waals surface area contributed by atoms with E-state index in [0.29, 0.717) is 11.3 Å². The molecule has 3 aromatic rings. The van der Waals surface area contributed by atoms with E-state index in [4.69, 9.17) is 0 Å². The van der Waals surface area contributed by atoms with Crippen molar-refractivity contribution in [2.24, 2.45) is 5.10 Å². The molecule has 0 bridgehead atoms. The molecule has 0 fully saturated rings. The average Bonchev–Trinajstić information content (AvgIpc) is 2.68. The van der Waals surface area contributed by atoms with Crippen LogP contribution in [-0.4, -0.2) is 31.9 Å². The van der Waals surface area contributed by atoms with Gasteiger partial charge in [0.2, 0.25) is 5.88 Å². The summed E-state index contributed by atoms with van der Waals surface area (Å²) in [6.07, 6.45) is 0.920. The number of phenols is 1. The van der Waals surface area contributed by atoms with Crippen molar-refractivity contribution >= 4 is 28.1 Å². The van der Waals surface area contributed by atoms with Crippen molar-refractivity contribution in [3.05, 3.63) is 84.0 Å². The number of rotatable bonds is 4. The number of carbonyl (C=O) groups is 1. The van der Waals surface area contributed by atoms with Crippen LogP contribution in [0.3, 0.4) is 0 Å². The van der Waals surface area contributed by atoms with Gasteiger partial charge in [-0.1, -0.05) is 28.1 Å². The lowest BCUT2D eigenvalue weighted by Gasteiger charge is -2.14. The van der Waals surface area contributed by atoms with Crippen molar-refractivity contribution in [2.75, 3.05) is 0 Å². The van der Waals surface area contributed by atoms with Crippen LogP contribution in [0.1, 0.15) is 27.0 Å². The highest BCUT2D eigenvalue weighted by atomic mass is 79.9. The number of nitrogens with one attached hydrogen (secondary N) is 2. The highest BCUT2D eigenvalue weighted by Gasteiger charge is 2.17. The van der Waals surface area contributed by atoms with Gasteiger partial charge in [-0.05, 0) is 49.2 Å². The predicted octanol–water partition coefficient (Wildman–Crippen LogP) is 2.08. The maximum absolute atomic E-state index is 12.4. The summed E-state index contributed by atoms with van der Waals surface area (Å²) in [6, 6.07) is 9.31. The molecule has 0 saturated carbocycles. The van der Waals surface area contributed by atoms with Gasteiger partial charge in [-0.25, -0.2) is 14.8 Å². The van der Waals surface area contributed by atoms with Gasteiger partial charge in [0.05, 0.1) is 17.5 Å². The fourth-order valence-corrected chi connectivity index (χ4v) is 3.22. The molecule has 0 saturated heterocycles. The number of aromatic nitrogens is 2. The van der Waals surface area contributed by atoms with Crippen LogP contribution in [-0.2, 0) is 0 Å². The summed E-state index contributed by atoms with van der Waals surface area (Å²) in [5.74, 6) is -1.58. The molecule has 0 radical (unpaired) electrons. The van der Waals surface area contributed by atoms with Gasteiger partial charge in [-0.3, -0.25) is 14.6 Å². The van der Waals surface area contributed by atoms with Gasteiger partial charge in [-0.15, -0.1) is 0 Å². The highest BCUT2D eigenvalue weighted by molar-refractivity contribution is 9.10. The third-order valence-electron chi connectivity index (χ3n) is 4.35. The Kier molecular flexibility index (Phi) is 5.88. The summed E-state index contributed by atoms with van der Waals surface area (Å²) in [5.41, 5.74) is 1.99. The lowest BCUT2D eigenvalue weighted by atomic mass is 10.1. The minimum atomic E-state index is -0.874. The number of para-hydroxylation sites is 1. The summed E-state index contributed by atoms with van der Waals surface area (Å²) >= 11 is 3.40. The molecule has 9 nitrogen and oxygen atoms in total. The number of aromatic hydroxyl groups is 2. The first kappa shape index (κ1) is 21.1. The molecule has 0 aliphatic rings. The van der Waals surface area contributed by atoms with Gasteiger partial charge >= 0.3 is 5.69 Å². The number of nitrogens with zero attached hydrogens (tertiary/aromatic N) is 2. The molecule has 1 amide bonds. The number of amides is 1. The lowest BCUT2D eigenvalue weighted by molar-refractivity contribution is 0.0952. The summed E-state index contributed by atoms with van der Waals surface area (Å²) in [6.45, 7) is 3.56. The molecule has 1 aromatic heterocycles. The molecular weight excluding hydrogens is 456 g/mol. The zero-order chi connectivity index (χ0) is 22.0. The standard InChI is InChI=1S/C20H17BrN4O5/c1-10-8-15(11(2)7-14(10)21)25-19(29)13(17(27)23-20(25)30)9-22-24-18(28)12-5-3-4-6-16(12)26/h3-9,26,29H,1-2H3,(H,24,28)(H,23,27,30). The Morgan fingerprint density at radius 3 is 2.57 bits per heavy atom. The number of aryl methyl sites for hydroxylation is 2. The van der Waals surface area contributed by atoms with Crippen molar-refractivity contribution < 1.29 is 15.0 Å². The number of hydrazone groups is 1. The summed E-state index contributed by atoms with van der Waals surface area (Å²) in [5, 5.41) is 24.0. The number of phenolic OH excluding ortho intramolecular Hbond substituents is 1. The van der Waals surface area contributed by atoms with Crippen LogP contribution in [0.25, 0.3) is 5.69 Å². The molecule has 2 aromatic carbocycles. The maximum atomic E-state index is 12.4. The number of H-pyrrole nitrogens is 1. The first-order chi connectivity index (χ1) is 14.2. The Hall–Kier alpha value is -3.66. The Bertz CT molecular complexity index is 1290. The topological polar surface area (TPSA) is 137 Å². The molecule has 10 heteroatoms. The van der Waals surface area contributed by atoms with E-state index in [2.05, 4.69) is 31.4 Å². The third kappa shape index (κ3) is 4.03. The van der Waals surface area contributed by atoms with Crippen LogP contribution >= 0.6 is 15.9 Å². The zero-order valence-electron chi connectivity index (χ0n) is 15.9. The minimum absolute atomic E-state index is 0.0151. The van der Waals surface area contributed by atoms with E-state index in [1.807, 2.05) is 6.92 Å². The molecule has 154 valence electrons. The van der Waals surface area contributed by atoms with E-state index in [9.17, 15) is 24.6 Å². The molecule has 0 spiro atoms. The number of aromatic amines is 1. The second-order valence-electron chi connectivity index (χ2n) is 6.44. The Labute approximate surface area is 178 Å². The molecular formula is C20H17BrN4O5. The molecule has 0 unspecified atom stereocenters. The first-order valence-electron chi connectivity index (χ1n) is 8.67.